The Bertz CT molecular complexity index is 647. The molecule has 8 heteroatoms. The van der Waals surface area contributed by atoms with E-state index in [-0.39, 0.29) is 5.91 Å². The maximum atomic E-state index is 12.3. The maximum absolute atomic E-state index is 12.3. The summed E-state index contributed by atoms with van der Waals surface area (Å²) in [6, 6.07) is 2.98. The Morgan fingerprint density at radius 1 is 1.38 bits per heavy atom. The van der Waals surface area contributed by atoms with Gasteiger partial charge in [-0.25, -0.2) is 9.79 Å². The number of likely N-dealkylation sites (N-methyl/N-ethyl adjacent to an activating group) is 1. The molecule has 2 saturated heterocycles. The van der Waals surface area contributed by atoms with Crippen LogP contribution >= 0.6 is 0 Å². The van der Waals surface area contributed by atoms with Gasteiger partial charge in [-0.3, -0.25) is 15.1 Å². The van der Waals surface area contributed by atoms with Crippen LogP contribution in [0.5, 0.6) is 0 Å². The number of rotatable bonds is 5. The third-order valence-corrected chi connectivity index (χ3v) is 4.31. The molecule has 3 heterocycles. The summed E-state index contributed by atoms with van der Waals surface area (Å²) >= 11 is 0. The first-order valence-electron chi connectivity index (χ1n) is 8.16. The minimum absolute atomic E-state index is 0.279. The first-order chi connectivity index (χ1) is 11.6. The Hall–Kier alpha value is -2.64. The molecule has 0 spiro atoms. The van der Waals surface area contributed by atoms with E-state index < -0.39 is 18.2 Å². The number of pyridine rings is 1. The monoisotopic (exact) mass is 330 g/mol. The zero-order chi connectivity index (χ0) is 17.1. The number of aliphatic imine (C=N–C) groups is 1. The Morgan fingerprint density at radius 2 is 2.21 bits per heavy atom. The second kappa shape index (κ2) is 6.86. The average molecular weight is 330 g/mol. The van der Waals surface area contributed by atoms with Crippen LogP contribution in [0.15, 0.2) is 29.5 Å². The van der Waals surface area contributed by atoms with Crippen LogP contribution in [-0.4, -0.2) is 58.5 Å². The van der Waals surface area contributed by atoms with Crippen molar-refractivity contribution >= 4 is 17.9 Å². The lowest BCUT2D eigenvalue weighted by molar-refractivity contribution is -0.127. The molecule has 2 aliphatic heterocycles. The van der Waals surface area contributed by atoms with Crippen LogP contribution in [0.4, 0.5) is 4.79 Å². The Kier molecular flexibility index (Phi) is 4.64. The molecule has 2 atom stereocenters. The molecule has 0 bridgehead atoms. The normalized spacial score (nSPS) is 24.8. The second-order valence-corrected chi connectivity index (χ2v) is 5.99. The zero-order valence-corrected chi connectivity index (χ0v) is 13.9. The quantitative estimate of drug-likeness (QED) is 0.821. The number of urea groups is 1. The highest BCUT2D eigenvalue weighted by Gasteiger charge is 2.49. The maximum Gasteiger partial charge on any atom is 0.325 e. The molecule has 2 aliphatic rings. The van der Waals surface area contributed by atoms with Gasteiger partial charge >= 0.3 is 6.03 Å². The molecule has 24 heavy (non-hydrogen) atoms. The molecule has 3 amide bonds. The van der Waals surface area contributed by atoms with E-state index in [1.165, 1.54) is 4.90 Å². The van der Waals surface area contributed by atoms with Crippen molar-refractivity contribution in [2.45, 2.75) is 38.5 Å². The summed E-state index contributed by atoms with van der Waals surface area (Å²) in [4.78, 5) is 36.3. The van der Waals surface area contributed by atoms with E-state index >= 15 is 0 Å². The summed E-state index contributed by atoms with van der Waals surface area (Å²) in [7, 11) is 1.68. The Balaban J connectivity index is 1.84. The lowest BCUT2D eigenvalue weighted by atomic mass is 10.1. The topological polar surface area (TPSA) is 89.9 Å². The number of hydrogen-bond donors (Lipinski definition) is 2. The summed E-state index contributed by atoms with van der Waals surface area (Å²) in [6.45, 7) is 3.29. The molecule has 8 nitrogen and oxygen atoms in total. The minimum Gasteiger partial charge on any atom is -0.333 e. The van der Waals surface area contributed by atoms with Crippen LogP contribution in [0.1, 0.15) is 25.3 Å². The number of fused-ring (bicyclic) bond motifs is 1. The van der Waals surface area contributed by atoms with E-state index in [4.69, 9.17) is 0 Å². The van der Waals surface area contributed by atoms with Crippen molar-refractivity contribution in [3.63, 3.8) is 0 Å². The van der Waals surface area contributed by atoms with Crippen molar-refractivity contribution < 1.29 is 9.59 Å². The predicted molar refractivity (Wildman–Crippen MR) is 89.0 cm³/mol. The van der Waals surface area contributed by atoms with Gasteiger partial charge in [0.1, 0.15) is 6.17 Å². The van der Waals surface area contributed by atoms with Gasteiger partial charge in [0.25, 0.3) is 5.91 Å². The minimum atomic E-state index is -0.452. The summed E-state index contributed by atoms with van der Waals surface area (Å²) in [5, 5.41) is 5.64. The van der Waals surface area contributed by atoms with Crippen molar-refractivity contribution in [2.75, 3.05) is 13.6 Å². The van der Waals surface area contributed by atoms with Crippen molar-refractivity contribution in [2.24, 2.45) is 4.99 Å². The molecule has 128 valence electrons. The first kappa shape index (κ1) is 16.2. The van der Waals surface area contributed by atoms with Gasteiger partial charge in [0.05, 0.1) is 6.54 Å². The van der Waals surface area contributed by atoms with Gasteiger partial charge in [-0.05, 0) is 18.1 Å². The molecule has 1 aromatic heterocycles. The Labute approximate surface area is 140 Å². The lowest BCUT2D eigenvalue weighted by Gasteiger charge is -2.35. The SMILES string of the molecule is CCCCN1C(=NCc2cccnc2)NC2C1C(=O)NC(=O)N2C. The van der Waals surface area contributed by atoms with Crippen molar-refractivity contribution in [3.05, 3.63) is 30.1 Å². The highest BCUT2D eigenvalue weighted by molar-refractivity contribution is 6.04. The highest BCUT2D eigenvalue weighted by Crippen LogP contribution is 2.21. The number of unbranched alkanes of at least 4 members (excludes halogenated alkanes) is 1. The number of amides is 3. The highest BCUT2D eigenvalue weighted by atomic mass is 16.2. The van der Waals surface area contributed by atoms with Crippen LogP contribution in [0, 0.1) is 0 Å². The number of nitrogens with zero attached hydrogens (tertiary/aromatic N) is 4. The molecule has 0 aromatic carbocycles. The molecular formula is C16H22N6O2. The molecule has 2 N–H and O–H groups in total. The van der Waals surface area contributed by atoms with Crippen LogP contribution in [-0.2, 0) is 11.3 Å². The third-order valence-electron chi connectivity index (χ3n) is 4.31. The number of imide groups is 1. The number of carbonyl (C=O) groups excluding carboxylic acids is 2. The van der Waals surface area contributed by atoms with Gasteiger partial charge in [0, 0.05) is 26.0 Å². The van der Waals surface area contributed by atoms with Crippen LogP contribution in [0.25, 0.3) is 0 Å². The molecular weight excluding hydrogens is 308 g/mol. The third kappa shape index (κ3) is 3.04. The van der Waals surface area contributed by atoms with Gasteiger partial charge in [0.2, 0.25) is 0 Å². The van der Waals surface area contributed by atoms with Crippen molar-refractivity contribution in [1.82, 2.24) is 25.4 Å². The van der Waals surface area contributed by atoms with Crippen LogP contribution in [0.3, 0.4) is 0 Å². The van der Waals surface area contributed by atoms with E-state index in [1.54, 1.807) is 19.4 Å². The predicted octanol–water partition coefficient (Wildman–Crippen LogP) is 0.519. The molecule has 2 fully saturated rings. The molecule has 2 unspecified atom stereocenters. The van der Waals surface area contributed by atoms with E-state index in [2.05, 4.69) is 27.5 Å². The number of aromatic nitrogens is 1. The molecule has 0 aliphatic carbocycles. The van der Waals surface area contributed by atoms with Crippen molar-refractivity contribution in [3.8, 4) is 0 Å². The molecule has 3 rings (SSSR count). The first-order valence-corrected chi connectivity index (χ1v) is 8.16. The van der Waals surface area contributed by atoms with Crippen LogP contribution < -0.4 is 10.6 Å². The van der Waals surface area contributed by atoms with Crippen molar-refractivity contribution in [1.29, 1.82) is 0 Å². The number of carbonyl (C=O) groups is 2. The summed E-state index contributed by atoms with van der Waals surface area (Å²) < 4.78 is 0. The lowest BCUT2D eigenvalue weighted by Crippen LogP contribution is -2.64. The largest absolute Gasteiger partial charge is 0.333 e. The number of hydrogen-bond acceptors (Lipinski definition) is 4. The fourth-order valence-electron chi connectivity index (χ4n) is 2.95. The second-order valence-electron chi connectivity index (χ2n) is 5.99. The number of nitrogens with one attached hydrogen (secondary N) is 2. The average Bonchev–Trinajstić information content (AvgIpc) is 2.96. The summed E-state index contributed by atoms with van der Waals surface area (Å²) in [5.74, 6) is 0.372. The smallest absolute Gasteiger partial charge is 0.325 e. The summed E-state index contributed by atoms with van der Waals surface area (Å²) in [6.07, 6.45) is 5.06. The van der Waals surface area contributed by atoms with E-state index in [0.717, 1.165) is 18.4 Å². The molecule has 0 radical (unpaired) electrons. The molecule has 0 saturated carbocycles. The standard InChI is InChI=1S/C16H22N6O2/c1-3-4-8-22-12-13(21(2)16(24)20-14(12)23)19-15(22)18-10-11-6-5-7-17-9-11/h5-7,9,12-13H,3-4,8,10H2,1-2H3,(H,18,19)(H,20,23,24). The van der Waals surface area contributed by atoms with E-state index in [9.17, 15) is 9.59 Å². The van der Waals surface area contributed by atoms with E-state index in [1.807, 2.05) is 17.0 Å². The van der Waals surface area contributed by atoms with Gasteiger partial charge in [-0.15, -0.1) is 0 Å². The number of guanidine groups is 1. The summed E-state index contributed by atoms with van der Waals surface area (Å²) in [5.41, 5.74) is 0.992. The van der Waals surface area contributed by atoms with Gasteiger partial charge in [0.15, 0.2) is 12.0 Å². The van der Waals surface area contributed by atoms with Crippen LogP contribution in [0.2, 0.25) is 0 Å². The van der Waals surface area contributed by atoms with Gasteiger partial charge in [-0.1, -0.05) is 19.4 Å². The van der Waals surface area contributed by atoms with E-state index in [0.29, 0.717) is 19.0 Å². The fraction of sp³-hybridized carbons (Fsp3) is 0.500. The molecule has 1 aromatic rings. The fourth-order valence-corrected chi connectivity index (χ4v) is 2.95. The zero-order valence-electron chi connectivity index (χ0n) is 13.9. The Morgan fingerprint density at radius 3 is 2.92 bits per heavy atom. The van der Waals surface area contributed by atoms with Gasteiger partial charge in [-0.2, -0.15) is 0 Å². The van der Waals surface area contributed by atoms with Gasteiger partial charge < -0.3 is 15.1 Å².